The van der Waals surface area contributed by atoms with Gasteiger partial charge in [-0.05, 0) is 12.1 Å². The van der Waals surface area contributed by atoms with E-state index in [1.165, 1.54) is 13.2 Å². The van der Waals surface area contributed by atoms with Gasteiger partial charge in [0.2, 0.25) is 5.91 Å². The van der Waals surface area contributed by atoms with Crippen LogP contribution in [-0.4, -0.2) is 38.6 Å². The number of carbonyl (C=O) groups is 2. The smallest absolute Gasteiger partial charge is 0.253 e. The molecule has 2 amide bonds. The number of halogens is 2. The van der Waals surface area contributed by atoms with Gasteiger partial charge in [-0.3, -0.25) is 9.59 Å². The quantitative estimate of drug-likeness (QED) is 0.782. The number of benzene rings is 1. The van der Waals surface area contributed by atoms with Crippen LogP contribution in [0.1, 0.15) is 10.4 Å². The highest BCUT2D eigenvalue weighted by Crippen LogP contribution is 2.25. The molecule has 0 saturated heterocycles. The first kappa shape index (κ1) is 15.8. The standard InChI is InChI=1S/C12H14Cl2N2O3/c1-19-6-5-15-10(17)7-16-12(18)8-3-2-4-9(13)11(8)14/h2-4H,5-7H2,1H3,(H,15,17)(H,16,18). The molecule has 2 N–H and O–H groups in total. The van der Waals surface area contributed by atoms with E-state index in [2.05, 4.69) is 10.6 Å². The first-order chi connectivity index (χ1) is 9.06. The van der Waals surface area contributed by atoms with Crippen molar-refractivity contribution in [3.8, 4) is 0 Å². The van der Waals surface area contributed by atoms with Crippen LogP contribution in [0.3, 0.4) is 0 Å². The molecule has 0 unspecified atom stereocenters. The lowest BCUT2D eigenvalue weighted by molar-refractivity contribution is -0.120. The van der Waals surface area contributed by atoms with E-state index in [4.69, 9.17) is 27.9 Å². The molecule has 0 saturated carbocycles. The Labute approximate surface area is 121 Å². The van der Waals surface area contributed by atoms with Crippen molar-refractivity contribution >= 4 is 35.0 Å². The van der Waals surface area contributed by atoms with E-state index in [1.54, 1.807) is 12.1 Å². The fraction of sp³-hybridized carbons (Fsp3) is 0.333. The molecule has 0 radical (unpaired) electrons. The molecular weight excluding hydrogens is 291 g/mol. The average molecular weight is 305 g/mol. The second-order valence-corrected chi connectivity index (χ2v) is 4.41. The van der Waals surface area contributed by atoms with Crippen LogP contribution in [0.4, 0.5) is 0 Å². The van der Waals surface area contributed by atoms with Crippen molar-refractivity contribution in [1.82, 2.24) is 10.6 Å². The minimum absolute atomic E-state index is 0.134. The van der Waals surface area contributed by atoms with Crippen molar-refractivity contribution in [2.24, 2.45) is 0 Å². The molecule has 0 aliphatic heterocycles. The van der Waals surface area contributed by atoms with Crippen molar-refractivity contribution in [1.29, 1.82) is 0 Å². The summed E-state index contributed by atoms with van der Waals surface area (Å²) in [5, 5.41) is 5.50. The third-order valence-electron chi connectivity index (χ3n) is 2.23. The van der Waals surface area contributed by atoms with Crippen molar-refractivity contribution < 1.29 is 14.3 Å². The molecule has 7 heteroatoms. The maximum atomic E-state index is 11.8. The molecule has 1 rings (SSSR count). The SMILES string of the molecule is COCCNC(=O)CNC(=O)c1cccc(Cl)c1Cl. The maximum Gasteiger partial charge on any atom is 0.253 e. The van der Waals surface area contributed by atoms with Crippen LogP contribution in [0.25, 0.3) is 0 Å². The predicted octanol–water partition coefficient (Wildman–Crippen LogP) is 1.49. The molecule has 1 aromatic rings. The van der Waals surface area contributed by atoms with E-state index in [0.29, 0.717) is 18.2 Å². The summed E-state index contributed by atoms with van der Waals surface area (Å²) < 4.78 is 4.78. The van der Waals surface area contributed by atoms with Crippen LogP contribution < -0.4 is 10.6 Å². The summed E-state index contributed by atoms with van der Waals surface area (Å²) in [5.74, 6) is -0.752. The Morgan fingerprint density at radius 1 is 1.26 bits per heavy atom. The Bertz CT molecular complexity index is 466. The summed E-state index contributed by atoms with van der Waals surface area (Å²) in [6.45, 7) is 0.675. The zero-order chi connectivity index (χ0) is 14.3. The molecule has 104 valence electrons. The van der Waals surface area contributed by atoms with Crippen LogP contribution in [0.5, 0.6) is 0 Å². The molecule has 0 aliphatic rings. The molecule has 0 bridgehead atoms. The van der Waals surface area contributed by atoms with Crippen LogP contribution in [-0.2, 0) is 9.53 Å². The van der Waals surface area contributed by atoms with Crippen molar-refractivity contribution in [3.63, 3.8) is 0 Å². The van der Waals surface area contributed by atoms with Crippen molar-refractivity contribution in [2.45, 2.75) is 0 Å². The minimum Gasteiger partial charge on any atom is -0.383 e. The van der Waals surface area contributed by atoms with E-state index in [9.17, 15) is 9.59 Å². The van der Waals surface area contributed by atoms with Gasteiger partial charge in [0.1, 0.15) is 0 Å². The molecule has 0 fully saturated rings. The third-order valence-corrected chi connectivity index (χ3v) is 3.05. The normalized spacial score (nSPS) is 10.1. The highest BCUT2D eigenvalue weighted by atomic mass is 35.5. The topological polar surface area (TPSA) is 67.4 Å². The molecule has 0 aromatic heterocycles. The maximum absolute atomic E-state index is 11.8. The van der Waals surface area contributed by atoms with E-state index in [-0.39, 0.29) is 23.0 Å². The van der Waals surface area contributed by atoms with E-state index in [1.807, 2.05) is 0 Å². The second kappa shape index (κ2) is 7.99. The summed E-state index contributed by atoms with van der Waals surface area (Å²) in [7, 11) is 1.54. The molecular formula is C12H14Cl2N2O3. The van der Waals surface area contributed by atoms with Gasteiger partial charge in [0.15, 0.2) is 0 Å². The molecule has 0 spiro atoms. The van der Waals surface area contributed by atoms with Gasteiger partial charge < -0.3 is 15.4 Å². The number of hydrogen-bond donors (Lipinski definition) is 2. The highest BCUT2D eigenvalue weighted by molar-refractivity contribution is 6.43. The average Bonchev–Trinajstić information content (AvgIpc) is 2.39. The largest absolute Gasteiger partial charge is 0.383 e. The zero-order valence-electron chi connectivity index (χ0n) is 10.3. The third kappa shape index (κ3) is 5.06. The number of hydrogen-bond acceptors (Lipinski definition) is 3. The number of nitrogens with one attached hydrogen (secondary N) is 2. The van der Waals surface area contributed by atoms with Gasteiger partial charge in [-0.25, -0.2) is 0 Å². The van der Waals surface area contributed by atoms with Gasteiger partial charge in [0.05, 0.1) is 28.8 Å². The molecule has 19 heavy (non-hydrogen) atoms. The Morgan fingerprint density at radius 2 is 2.00 bits per heavy atom. The minimum atomic E-state index is -0.450. The highest BCUT2D eigenvalue weighted by Gasteiger charge is 2.13. The number of methoxy groups -OCH3 is 1. The summed E-state index contributed by atoms with van der Waals surface area (Å²) in [6, 6.07) is 4.73. The van der Waals surface area contributed by atoms with Crippen molar-refractivity contribution in [2.75, 3.05) is 26.8 Å². The van der Waals surface area contributed by atoms with Crippen LogP contribution >= 0.6 is 23.2 Å². The Hall–Kier alpha value is -1.30. The molecule has 1 aromatic carbocycles. The first-order valence-corrected chi connectivity index (χ1v) is 6.29. The molecule has 0 heterocycles. The van der Waals surface area contributed by atoms with Gasteiger partial charge in [0, 0.05) is 13.7 Å². The predicted molar refractivity (Wildman–Crippen MR) is 73.7 cm³/mol. The Kier molecular flexibility index (Phi) is 6.62. The van der Waals surface area contributed by atoms with Crippen LogP contribution in [0.2, 0.25) is 10.0 Å². The zero-order valence-corrected chi connectivity index (χ0v) is 11.8. The number of ether oxygens (including phenoxy) is 1. The lowest BCUT2D eigenvalue weighted by atomic mass is 10.2. The fourth-order valence-electron chi connectivity index (χ4n) is 1.29. The number of amides is 2. The Morgan fingerprint density at radius 3 is 2.68 bits per heavy atom. The second-order valence-electron chi connectivity index (χ2n) is 3.63. The first-order valence-electron chi connectivity index (χ1n) is 5.54. The molecule has 5 nitrogen and oxygen atoms in total. The van der Waals surface area contributed by atoms with Crippen LogP contribution in [0.15, 0.2) is 18.2 Å². The lowest BCUT2D eigenvalue weighted by Gasteiger charge is -2.08. The van der Waals surface area contributed by atoms with Gasteiger partial charge in [-0.1, -0.05) is 29.3 Å². The summed E-state index contributed by atoms with van der Waals surface area (Å²) in [4.78, 5) is 23.2. The summed E-state index contributed by atoms with van der Waals surface area (Å²) in [6.07, 6.45) is 0. The fourth-order valence-corrected chi connectivity index (χ4v) is 1.68. The van der Waals surface area contributed by atoms with E-state index >= 15 is 0 Å². The number of rotatable bonds is 6. The molecule has 0 atom stereocenters. The molecule has 0 aliphatic carbocycles. The van der Waals surface area contributed by atoms with Gasteiger partial charge >= 0.3 is 0 Å². The van der Waals surface area contributed by atoms with Gasteiger partial charge in [-0.2, -0.15) is 0 Å². The van der Waals surface area contributed by atoms with Crippen molar-refractivity contribution in [3.05, 3.63) is 33.8 Å². The monoisotopic (exact) mass is 304 g/mol. The van der Waals surface area contributed by atoms with Crippen LogP contribution in [0, 0.1) is 0 Å². The summed E-state index contributed by atoms with van der Waals surface area (Å²) >= 11 is 11.7. The Balaban J connectivity index is 2.47. The van der Waals surface area contributed by atoms with Gasteiger partial charge in [-0.15, -0.1) is 0 Å². The van der Waals surface area contributed by atoms with E-state index in [0.717, 1.165) is 0 Å². The van der Waals surface area contributed by atoms with E-state index < -0.39 is 5.91 Å². The number of carbonyl (C=O) groups excluding carboxylic acids is 2. The lowest BCUT2D eigenvalue weighted by Crippen LogP contribution is -2.38. The van der Waals surface area contributed by atoms with Gasteiger partial charge in [0.25, 0.3) is 5.91 Å². The summed E-state index contributed by atoms with van der Waals surface area (Å²) in [5.41, 5.74) is 0.235.